The zero-order valence-corrected chi connectivity index (χ0v) is 14.8. The molecule has 0 aromatic heterocycles. The Morgan fingerprint density at radius 1 is 1.04 bits per heavy atom. The van der Waals surface area contributed by atoms with Crippen molar-refractivity contribution in [2.45, 2.75) is 58.9 Å². The number of carbonyl (C=O) groups excluding carboxylic acids is 2. The van der Waals surface area contributed by atoms with E-state index in [1.807, 2.05) is 32.9 Å². The first kappa shape index (κ1) is 18.3. The van der Waals surface area contributed by atoms with E-state index in [9.17, 15) is 9.59 Å². The van der Waals surface area contributed by atoms with Gasteiger partial charge in [0, 0.05) is 6.04 Å². The summed E-state index contributed by atoms with van der Waals surface area (Å²) < 4.78 is 10.6. The van der Waals surface area contributed by atoms with Crippen molar-refractivity contribution in [1.82, 2.24) is 5.32 Å². The van der Waals surface area contributed by atoms with E-state index in [0.717, 1.165) is 42.4 Å². The van der Waals surface area contributed by atoms with Gasteiger partial charge in [-0.25, -0.2) is 4.79 Å². The van der Waals surface area contributed by atoms with Gasteiger partial charge in [-0.2, -0.15) is 0 Å². The maximum Gasteiger partial charge on any atom is 0.344 e. The zero-order valence-electron chi connectivity index (χ0n) is 14.8. The predicted molar refractivity (Wildman–Crippen MR) is 92.1 cm³/mol. The van der Waals surface area contributed by atoms with E-state index in [1.165, 1.54) is 6.42 Å². The molecule has 0 aliphatic heterocycles. The van der Waals surface area contributed by atoms with E-state index in [0.29, 0.717) is 5.75 Å². The fourth-order valence-electron chi connectivity index (χ4n) is 3.23. The van der Waals surface area contributed by atoms with Crippen molar-refractivity contribution >= 4 is 11.9 Å². The van der Waals surface area contributed by atoms with E-state index in [1.54, 1.807) is 0 Å². The Hall–Kier alpha value is -2.04. The number of hydrogen-bond donors (Lipinski definition) is 1. The normalized spacial score (nSPS) is 15.0. The number of benzene rings is 1. The van der Waals surface area contributed by atoms with Crippen molar-refractivity contribution in [3.63, 3.8) is 0 Å². The van der Waals surface area contributed by atoms with E-state index in [-0.39, 0.29) is 25.2 Å². The van der Waals surface area contributed by atoms with Crippen molar-refractivity contribution in [1.29, 1.82) is 0 Å². The van der Waals surface area contributed by atoms with Gasteiger partial charge in [0.25, 0.3) is 5.91 Å². The maximum absolute atomic E-state index is 11.8. The molecule has 132 valence electrons. The minimum Gasteiger partial charge on any atom is -0.481 e. The van der Waals surface area contributed by atoms with Gasteiger partial charge < -0.3 is 14.8 Å². The van der Waals surface area contributed by atoms with Crippen molar-refractivity contribution in [2.24, 2.45) is 0 Å². The average Bonchev–Trinajstić information content (AvgIpc) is 2.53. The Balaban J connectivity index is 1.72. The lowest BCUT2D eigenvalue weighted by Crippen LogP contribution is -2.39. The fourth-order valence-corrected chi connectivity index (χ4v) is 3.23. The predicted octanol–water partition coefficient (Wildman–Crippen LogP) is 2.98. The molecule has 1 aromatic carbocycles. The van der Waals surface area contributed by atoms with Crippen LogP contribution in [0.25, 0.3) is 0 Å². The Morgan fingerprint density at radius 2 is 1.67 bits per heavy atom. The first-order chi connectivity index (χ1) is 11.5. The van der Waals surface area contributed by atoms with Gasteiger partial charge >= 0.3 is 5.97 Å². The summed E-state index contributed by atoms with van der Waals surface area (Å²) in [7, 11) is 0. The highest BCUT2D eigenvalue weighted by atomic mass is 16.6. The van der Waals surface area contributed by atoms with E-state index in [4.69, 9.17) is 9.47 Å². The summed E-state index contributed by atoms with van der Waals surface area (Å²) >= 11 is 0. The second kappa shape index (κ2) is 8.71. The van der Waals surface area contributed by atoms with Crippen LogP contribution in [0.1, 0.15) is 48.8 Å². The van der Waals surface area contributed by atoms with Crippen LogP contribution >= 0.6 is 0 Å². The highest BCUT2D eigenvalue weighted by Crippen LogP contribution is 2.24. The highest BCUT2D eigenvalue weighted by molar-refractivity contribution is 5.81. The molecule has 0 radical (unpaired) electrons. The topological polar surface area (TPSA) is 64.6 Å². The minimum absolute atomic E-state index is 0.193. The molecule has 5 nitrogen and oxygen atoms in total. The number of esters is 1. The first-order valence-corrected chi connectivity index (χ1v) is 8.61. The Kier molecular flexibility index (Phi) is 6.64. The molecule has 1 saturated carbocycles. The van der Waals surface area contributed by atoms with Crippen molar-refractivity contribution < 1.29 is 19.1 Å². The summed E-state index contributed by atoms with van der Waals surface area (Å²) in [5.41, 5.74) is 3.12. The lowest BCUT2D eigenvalue weighted by atomic mass is 9.95. The second-order valence-corrected chi connectivity index (χ2v) is 6.58. The van der Waals surface area contributed by atoms with Crippen LogP contribution in [0.4, 0.5) is 0 Å². The number of aryl methyl sites for hydroxylation is 3. The molecule has 1 aliphatic rings. The number of carbonyl (C=O) groups is 2. The average molecular weight is 333 g/mol. The molecule has 1 amide bonds. The third kappa shape index (κ3) is 5.55. The van der Waals surface area contributed by atoms with Gasteiger partial charge in [-0.05, 0) is 44.7 Å². The van der Waals surface area contributed by atoms with E-state index >= 15 is 0 Å². The Bertz CT molecular complexity index is 568. The van der Waals surface area contributed by atoms with Gasteiger partial charge in [-0.15, -0.1) is 0 Å². The van der Waals surface area contributed by atoms with Crippen molar-refractivity contribution in [3.8, 4) is 5.75 Å². The molecular formula is C19H27NO4. The minimum atomic E-state index is -0.534. The molecule has 0 spiro atoms. The van der Waals surface area contributed by atoms with Crippen molar-refractivity contribution in [2.75, 3.05) is 13.2 Å². The zero-order chi connectivity index (χ0) is 17.5. The third-order valence-corrected chi connectivity index (χ3v) is 4.27. The molecule has 2 rings (SSSR count). The molecule has 0 bridgehead atoms. The number of hydrogen-bond acceptors (Lipinski definition) is 4. The van der Waals surface area contributed by atoms with Crippen molar-refractivity contribution in [3.05, 3.63) is 28.8 Å². The molecule has 1 aromatic rings. The summed E-state index contributed by atoms with van der Waals surface area (Å²) in [5, 5.41) is 2.92. The molecular weight excluding hydrogens is 306 g/mol. The standard InChI is InChI=1S/C19H27NO4/c1-13-9-14(2)19(15(3)10-13)24-12-18(22)23-11-17(21)20-16-7-5-4-6-8-16/h9-10,16H,4-8,11-12H2,1-3H3,(H,20,21). The molecule has 0 saturated heterocycles. The number of amides is 1. The quantitative estimate of drug-likeness (QED) is 0.813. The number of ether oxygens (including phenoxy) is 2. The molecule has 0 heterocycles. The summed E-state index contributed by atoms with van der Waals surface area (Å²) in [4.78, 5) is 23.6. The van der Waals surface area contributed by atoms with Crippen LogP contribution in [0.5, 0.6) is 5.75 Å². The Morgan fingerprint density at radius 3 is 2.29 bits per heavy atom. The number of rotatable bonds is 6. The summed E-state index contributed by atoms with van der Waals surface area (Å²) in [6, 6.07) is 4.23. The molecule has 1 N–H and O–H groups in total. The maximum atomic E-state index is 11.8. The summed E-state index contributed by atoms with van der Waals surface area (Å²) in [6.07, 6.45) is 5.54. The first-order valence-electron chi connectivity index (χ1n) is 8.61. The third-order valence-electron chi connectivity index (χ3n) is 4.27. The molecule has 0 unspecified atom stereocenters. The van der Waals surface area contributed by atoms with Gasteiger partial charge in [0.05, 0.1) is 0 Å². The molecule has 1 fully saturated rings. The van der Waals surface area contributed by atoms with Crippen LogP contribution in [0.2, 0.25) is 0 Å². The smallest absolute Gasteiger partial charge is 0.344 e. The van der Waals surface area contributed by atoms with Gasteiger partial charge in [0.2, 0.25) is 0 Å². The van der Waals surface area contributed by atoms with E-state index < -0.39 is 5.97 Å². The summed E-state index contributed by atoms with van der Waals surface area (Å²) in [6.45, 7) is 5.46. The fraction of sp³-hybridized carbons (Fsp3) is 0.579. The summed E-state index contributed by atoms with van der Waals surface area (Å²) in [5.74, 6) is -0.0738. The second-order valence-electron chi connectivity index (χ2n) is 6.58. The van der Waals surface area contributed by atoms with Crippen LogP contribution in [-0.2, 0) is 14.3 Å². The highest BCUT2D eigenvalue weighted by Gasteiger charge is 2.17. The molecule has 0 atom stereocenters. The van der Waals surface area contributed by atoms with Gasteiger partial charge in [0.15, 0.2) is 13.2 Å². The lowest BCUT2D eigenvalue weighted by Gasteiger charge is -2.22. The molecule has 24 heavy (non-hydrogen) atoms. The SMILES string of the molecule is Cc1cc(C)c(OCC(=O)OCC(=O)NC2CCCCC2)c(C)c1. The van der Waals surface area contributed by atoms with Crippen LogP contribution in [0.3, 0.4) is 0 Å². The van der Waals surface area contributed by atoms with Crippen LogP contribution in [0.15, 0.2) is 12.1 Å². The van der Waals surface area contributed by atoms with Gasteiger partial charge in [-0.1, -0.05) is 37.0 Å². The van der Waals surface area contributed by atoms with Gasteiger partial charge in [-0.3, -0.25) is 4.79 Å². The Labute approximate surface area is 143 Å². The number of nitrogens with one attached hydrogen (secondary N) is 1. The van der Waals surface area contributed by atoms with Crippen LogP contribution < -0.4 is 10.1 Å². The van der Waals surface area contributed by atoms with Gasteiger partial charge in [0.1, 0.15) is 5.75 Å². The monoisotopic (exact) mass is 333 g/mol. The largest absolute Gasteiger partial charge is 0.481 e. The van der Waals surface area contributed by atoms with Crippen LogP contribution in [-0.4, -0.2) is 31.1 Å². The van der Waals surface area contributed by atoms with Crippen LogP contribution in [0, 0.1) is 20.8 Å². The van der Waals surface area contributed by atoms with E-state index in [2.05, 4.69) is 5.32 Å². The molecule has 1 aliphatic carbocycles. The lowest BCUT2D eigenvalue weighted by molar-refractivity contribution is -0.150. The molecule has 5 heteroatoms.